The Labute approximate surface area is 31.6 Å². The zero-order valence-electron chi connectivity index (χ0n) is 2.49. The van der Waals surface area contributed by atoms with E-state index in [4.69, 9.17) is 6.42 Å². The molecule has 0 saturated heterocycles. The molecule has 0 bridgehead atoms. The lowest BCUT2D eigenvalue weighted by atomic mass is 11.4. The topological polar surface area (TPSA) is 0 Å². The average molecular weight is 85.2 g/mol. The zero-order valence-corrected chi connectivity index (χ0v) is 5.32. The van der Waals surface area contributed by atoms with Gasteiger partial charge in [0.2, 0.25) is 0 Å². The molecule has 0 rings (SSSR count). The van der Waals surface area contributed by atoms with Gasteiger partial charge in [-0.2, -0.15) is 0 Å². The zero-order chi connectivity index (χ0) is 3.41. The van der Waals surface area contributed by atoms with E-state index in [0.29, 0.717) is 0 Å². The summed E-state index contributed by atoms with van der Waals surface area (Å²) in [6, 6.07) is 0. The highest BCUT2D eigenvalue weighted by atomic mass is 29.1. The van der Waals surface area contributed by atoms with Gasteiger partial charge >= 0.3 is 0 Å². The predicted octanol–water partition coefficient (Wildman–Crippen LogP) is -1.71. The molecule has 0 aromatic carbocycles. The van der Waals surface area contributed by atoms with Crippen LogP contribution in [0.2, 0.25) is 0 Å². The molecule has 0 aromatic rings. The third-order valence-electron chi connectivity index (χ3n) is 0.144. The minimum Gasteiger partial charge on any atom is -0.147 e. The second kappa shape index (κ2) is 2.99. The molecule has 0 aliphatic carbocycles. The molecule has 1 radical (unpaired) electrons. The highest BCUT2D eigenvalue weighted by Gasteiger charge is 1.48. The van der Waals surface area contributed by atoms with Crippen LogP contribution < -0.4 is 0 Å². The van der Waals surface area contributed by atoms with Gasteiger partial charge in [0.25, 0.3) is 0 Å². The highest BCUT2D eigenvalue weighted by Crippen LogP contribution is 1.25. The van der Waals surface area contributed by atoms with Crippen molar-refractivity contribution in [3.8, 4) is 12.0 Å². The Kier molecular flexibility index (Phi) is 2.99. The molecule has 0 aliphatic heterocycles. The number of hydrogen-bond donors (Lipinski definition) is 0. The summed E-state index contributed by atoms with van der Waals surface area (Å²) < 4.78 is 0. The van der Waals surface area contributed by atoms with Crippen LogP contribution in [0.5, 0.6) is 0 Å². The molecule has 0 saturated carbocycles. The Morgan fingerprint density at radius 1 is 2.00 bits per heavy atom. The summed E-state index contributed by atoms with van der Waals surface area (Å²) in [6.45, 7) is 0. The van der Waals surface area contributed by atoms with Gasteiger partial charge in [-0.15, -0.1) is 12.0 Å². The van der Waals surface area contributed by atoms with E-state index in [2.05, 4.69) is 5.54 Å². The van der Waals surface area contributed by atoms with Gasteiger partial charge in [0.05, 0.1) is 9.04 Å². The summed E-state index contributed by atoms with van der Waals surface area (Å²) in [4.78, 5) is 0. The maximum atomic E-state index is 4.85. The molecule has 0 nitrogen and oxygen atoms in total. The Hall–Kier alpha value is -0.00623. The fraction of sp³-hybridized carbons (Fsp3) is 0. The minimum atomic E-state index is -0.0201. The van der Waals surface area contributed by atoms with Gasteiger partial charge in [-0.1, -0.05) is 0 Å². The van der Waals surface area contributed by atoms with Crippen molar-refractivity contribution in [1.29, 1.82) is 0 Å². The second-order valence-electron chi connectivity index (χ2n) is 0.454. The Bertz CT molecular complexity index is 33.8. The van der Waals surface area contributed by atoms with Crippen LogP contribution in [0.25, 0.3) is 0 Å². The lowest BCUT2D eigenvalue weighted by Gasteiger charge is -1.49. The quantitative estimate of drug-likeness (QED) is 0.243. The number of hydrogen-bond acceptors (Lipinski definition) is 0. The van der Waals surface area contributed by atoms with Gasteiger partial charge in [0.1, 0.15) is 0 Å². The monoisotopic (exact) mass is 85.0 g/mol. The molecule has 2 heteroatoms. The van der Waals surface area contributed by atoms with Crippen molar-refractivity contribution in [2.24, 2.45) is 0 Å². The maximum absolute atomic E-state index is 4.85. The number of rotatable bonds is 0. The standard InChI is InChI=1S/C2H5Si2/c1-2-4-3/h1H,3-4H2. The SMILES string of the molecule is C#C[SiH2][SiH2]. The molecule has 0 amide bonds. The third kappa shape index (κ3) is 1.99. The van der Waals surface area contributed by atoms with Gasteiger partial charge in [0.15, 0.2) is 0 Å². The van der Waals surface area contributed by atoms with Crippen LogP contribution in [0.1, 0.15) is 0 Å². The molecule has 0 heterocycles. The van der Waals surface area contributed by atoms with Crippen molar-refractivity contribution in [3.63, 3.8) is 0 Å². The van der Waals surface area contributed by atoms with Gasteiger partial charge < -0.3 is 0 Å². The molecule has 0 unspecified atom stereocenters. The molecule has 0 spiro atoms. The fourth-order valence-electron chi connectivity index (χ4n) is 0. The summed E-state index contributed by atoms with van der Waals surface area (Å²) in [5, 5.41) is 0. The molecule has 0 N–H and O–H groups in total. The van der Waals surface area contributed by atoms with Crippen LogP contribution in [0.3, 0.4) is 0 Å². The van der Waals surface area contributed by atoms with E-state index in [9.17, 15) is 0 Å². The predicted molar refractivity (Wildman–Crippen MR) is 25.9 cm³/mol. The molecule has 0 fully saturated rings. The van der Waals surface area contributed by atoms with E-state index in [0.717, 1.165) is 0 Å². The van der Waals surface area contributed by atoms with E-state index in [1.807, 2.05) is 9.76 Å². The summed E-state index contributed by atoms with van der Waals surface area (Å²) in [5.41, 5.74) is 2.58. The second-order valence-corrected chi connectivity index (χ2v) is 2.86. The number of terminal acetylenes is 1. The first-order valence-electron chi connectivity index (χ1n) is 1.14. The van der Waals surface area contributed by atoms with Crippen molar-refractivity contribution in [2.75, 3.05) is 0 Å². The van der Waals surface area contributed by atoms with Crippen LogP contribution in [0.15, 0.2) is 0 Å². The first-order chi connectivity index (χ1) is 1.91. The average Bonchev–Trinajstić information content (AvgIpc) is 1.37. The molecule has 0 atom stereocenters. The van der Waals surface area contributed by atoms with Crippen molar-refractivity contribution in [1.82, 2.24) is 0 Å². The summed E-state index contributed by atoms with van der Waals surface area (Å²) in [6.07, 6.45) is 4.85. The Balaban J connectivity index is 2.43. The van der Waals surface area contributed by atoms with Crippen molar-refractivity contribution >= 4 is 18.8 Å². The van der Waals surface area contributed by atoms with Crippen LogP contribution in [0.4, 0.5) is 0 Å². The smallest absolute Gasteiger partial charge is 0.0885 e. The molecule has 0 aromatic heterocycles. The van der Waals surface area contributed by atoms with E-state index < -0.39 is 0 Å². The van der Waals surface area contributed by atoms with E-state index in [-0.39, 0.29) is 9.04 Å². The van der Waals surface area contributed by atoms with Gasteiger partial charge in [-0.25, -0.2) is 0 Å². The van der Waals surface area contributed by atoms with Gasteiger partial charge in [-0.05, 0) is 0 Å². The van der Waals surface area contributed by atoms with Crippen LogP contribution in [-0.2, 0) is 0 Å². The molecular weight excluding hydrogens is 80.2 g/mol. The summed E-state index contributed by atoms with van der Waals surface area (Å²) in [5.74, 6) is 0. The first kappa shape index (κ1) is 3.99. The van der Waals surface area contributed by atoms with Crippen molar-refractivity contribution in [2.45, 2.75) is 0 Å². The van der Waals surface area contributed by atoms with Crippen LogP contribution in [-0.4, -0.2) is 18.8 Å². The molecular formula is C2H5Si2. The maximum Gasteiger partial charge on any atom is 0.0885 e. The van der Waals surface area contributed by atoms with Gasteiger partial charge in [0, 0.05) is 9.76 Å². The van der Waals surface area contributed by atoms with Crippen molar-refractivity contribution in [3.05, 3.63) is 0 Å². The van der Waals surface area contributed by atoms with Crippen molar-refractivity contribution < 1.29 is 0 Å². The van der Waals surface area contributed by atoms with Crippen LogP contribution in [0, 0.1) is 12.0 Å². The normalized spacial score (nSPS) is 8.00. The van der Waals surface area contributed by atoms with Crippen LogP contribution >= 0.6 is 0 Å². The third-order valence-corrected chi connectivity index (χ3v) is 1.30. The lowest BCUT2D eigenvalue weighted by Crippen LogP contribution is -1.75. The minimum absolute atomic E-state index is 0.0201. The lowest BCUT2D eigenvalue weighted by molar-refractivity contribution is 3.06. The summed E-state index contributed by atoms with van der Waals surface area (Å²) >= 11 is 0. The van der Waals surface area contributed by atoms with E-state index >= 15 is 0 Å². The molecule has 0 aliphatic rings. The Morgan fingerprint density at radius 2 is 2.25 bits per heavy atom. The van der Waals surface area contributed by atoms with E-state index in [1.165, 1.54) is 0 Å². The fourth-order valence-corrected chi connectivity index (χ4v) is 0. The largest absolute Gasteiger partial charge is 0.147 e. The summed E-state index contributed by atoms with van der Waals surface area (Å²) in [7, 11) is 1.91. The Morgan fingerprint density at radius 3 is 2.25 bits per heavy atom. The molecule has 21 valence electrons. The highest BCUT2D eigenvalue weighted by molar-refractivity contribution is 6.94. The molecule has 4 heavy (non-hydrogen) atoms. The van der Waals surface area contributed by atoms with E-state index in [1.54, 1.807) is 0 Å². The van der Waals surface area contributed by atoms with Gasteiger partial charge in [-0.3, -0.25) is 0 Å². The first-order valence-corrected chi connectivity index (χ1v) is 5.85.